The topological polar surface area (TPSA) is 70.1 Å². The van der Waals surface area contributed by atoms with Gasteiger partial charge in [0.1, 0.15) is 23.2 Å². The Balaban J connectivity index is 2.10. The summed E-state index contributed by atoms with van der Waals surface area (Å²) in [6.45, 7) is 0. The summed E-state index contributed by atoms with van der Waals surface area (Å²) in [5.41, 5.74) is 5.86. The van der Waals surface area contributed by atoms with Gasteiger partial charge in [0.2, 0.25) is 5.91 Å². The van der Waals surface area contributed by atoms with Gasteiger partial charge in [0.25, 0.3) is 0 Å². The molecule has 0 saturated carbocycles. The van der Waals surface area contributed by atoms with Crippen LogP contribution in [0, 0.1) is 11.6 Å². The average Bonchev–Trinajstić information content (AvgIpc) is 3.03. The molecule has 2 aromatic carbocycles. The van der Waals surface area contributed by atoms with Crippen molar-refractivity contribution < 1.29 is 18.3 Å². The molecule has 0 radical (unpaired) electrons. The van der Waals surface area contributed by atoms with Crippen LogP contribution in [0.4, 0.5) is 8.78 Å². The van der Waals surface area contributed by atoms with Crippen LogP contribution in [0.2, 0.25) is 0 Å². The van der Waals surface area contributed by atoms with Crippen LogP contribution in [0.3, 0.4) is 0 Å². The van der Waals surface area contributed by atoms with E-state index >= 15 is 0 Å². The van der Waals surface area contributed by atoms with E-state index in [0.29, 0.717) is 11.3 Å². The van der Waals surface area contributed by atoms with E-state index in [1.807, 2.05) is 0 Å². The third kappa shape index (κ3) is 2.71. The maximum Gasteiger partial charge on any atom is 0.248 e. The van der Waals surface area contributed by atoms with Crippen molar-refractivity contribution >= 4 is 5.91 Å². The summed E-state index contributed by atoms with van der Waals surface area (Å²) in [5, 5.41) is 0. The molecule has 1 amide bonds. The van der Waals surface area contributed by atoms with Gasteiger partial charge in [-0.2, -0.15) is 0 Å². The van der Waals surface area contributed by atoms with Crippen molar-refractivity contribution in [2.75, 3.05) is 7.11 Å². The number of amides is 1. The highest BCUT2D eigenvalue weighted by molar-refractivity contribution is 5.92. The molecule has 0 atom stereocenters. The van der Waals surface area contributed by atoms with Gasteiger partial charge < -0.3 is 10.5 Å². The van der Waals surface area contributed by atoms with E-state index in [0.717, 1.165) is 12.1 Å². The van der Waals surface area contributed by atoms with Crippen LogP contribution in [-0.4, -0.2) is 22.6 Å². The minimum atomic E-state index is -0.784. The molecule has 3 aromatic rings. The number of nitrogens with two attached hydrogens (primary N) is 1. The summed E-state index contributed by atoms with van der Waals surface area (Å²) in [6.07, 6.45) is 3.00. The quantitative estimate of drug-likeness (QED) is 0.800. The van der Waals surface area contributed by atoms with Crippen molar-refractivity contribution in [1.29, 1.82) is 0 Å². The lowest BCUT2D eigenvalue weighted by Gasteiger charge is -2.11. The molecule has 0 saturated heterocycles. The smallest absolute Gasteiger partial charge is 0.248 e. The minimum Gasteiger partial charge on any atom is -0.497 e. The van der Waals surface area contributed by atoms with Gasteiger partial charge in [0.05, 0.1) is 12.7 Å². The standard InChI is InChI=1S/C17H13F2N3O2/c1-24-12-8-13(18)15(14(19)9-12)17-21-6-7-22(17)11-4-2-10(3-5-11)16(20)23/h2-9H,1H3,(H2,20,23). The fourth-order valence-electron chi connectivity index (χ4n) is 2.36. The van der Waals surface area contributed by atoms with E-state index in [-0.39, 0.29) is 17.1 Å². The number of methoxy groups -OCH3 is 1. The fourth-order valence-corrected chi connectivity index (χ4v) is 2.36. The predicted octanol–water partition coefficient (Wildman–Crippen LogP) is 2.93. The van der Waals surface area contributed by atoms with Crippen LogP contribution in [0.5, 0.6) is 5.75 Å². The number of primary amides is 1. The van der Waals surface area contributed by atoms with Gasteiger partial charge in [-0.3, -0.25) is 9.36 Å². The van der Waals surface area contributed by atoms with Crippen LogP contribution in [0.1, 0.15) is 10.4 Å². The Morgan fingerprint density at radius 3 is 2.33 bits per heavy atom. The largest absolute Gasteiger partial charge is 0.497 e. The van der Waals surface area contributed by atoms with Crippen molar-refractivity contribution in [3.63, 3.8) is 0 Å². The first-order chi connectivity index (χ1) is 11.5. The number of rotatable bonds is 4. The zero-order valence-corrected chi connectivity index (χ0v) is 12.7. The number of hydrogen-bond donors (Lipinski definition) is 1. The molecule has 0 fully saturated rings. The molecule has 7 heteroatoms. The summed E-state index contributed by atoms with van der Waals surface area (Å²) in [4.78, 5) is 15.2. The molecule has 0 bridgehead atoms. The second-order valence-corrected chi connectivity index (χ2v) is 5.00. The first kappa shape index (κ1) is 15.7. The molecule has 0 aliphatic carbocycles. The van der Waals surface area contributed by atoms with Crippen LogP contribution in [0.15, 0.2) is 48.8 Å². The van der Waals surface area contributed by atoms with E-state index in [9.17, 15) is 13.6 Å². The number of nitrogens with zero attached hydrogens (tertiary/aromatic N) is 2. The molecule has 5 nitrogen and oxygen atoms in total. The highest BCUT2D eigenvalue weighted by Crippen LogP contribution is 2.30. The summed E-state index contributed by atoms with van der Waals surface area (Å²) in [6, 6.07) is 8.47. The summed E-state index contributed by atoms with van der Waals surface area (Å²) in [7, 11) is 1.33. The lowest BCUT2D eigenvalue weighted by atomic mass is 10.1. The Morgan fingerprint density at radius 1 is 1.17 bits per heavy atom. The van der Waals surface area contributed by atoms with Gasteiger partial charge in [-0.05, 0) is 24.3 Å². The van der Waals surface area contributed by atoms with E-state index < -0.39 is 17.5 Å². The number of halogens is 2. The number of ether oxygens (including phenoxy) is 1. The van der Waals surface area contributed by atoms with Crippen molar-refractivity contribution in [3.05, 3.63) is 66.0 Å². The minimum absolute atomic E-state index is 0.0812. The van der Waals surface area contributed by atoms with Crippen LogP contribution >= 0.6 is 0 Å². The van der Waals surface area contributed by atoms with Gasteiger partial charge >= 0.3 is 0 Å². The lowest BCUT2D eigenvalue weighted by Crippen LogP contribution is -2.10. The molecule has 0 unspecified atom stereocenters. The normalized spacial score (nSPS) is 10.6. The maximum atomic E-state index is 14.3. The molecule has 122 valence electrons. The Kier molecular flexibility index (Phi) is 3.99. The number of imidazole rings is 1. The molecule has 1 heterocycles. The predicted molar refractivity (Wildman–Crippen MR) is 84.0 cm³/mol. The van der Waals surface area contributed by atoms with Crippen molar-refractivity contribution in [1.82, 2.24) is 9.55 Å². The number of carbonyl (C=O) groups excluding carboxylic acids is 1. The fraction of sp³-hybridized carbons (Fsp3) is 0.0588. The molecule has 3 rings (SSSR count). The van der Waals surface area contributed by atoms with Crippen LogP contribution in [0.25, 0.3) is 17.1 Å². The first-order valence-corrected chi connectivity index (χ1v) is 6.98. The molecular formula is C17H13F2N3O2. The molecule has 0 aliphatic rings. The van der Waals surface area contributed by atoms with E-state index in [2.05, 4.69) is 4.98 Å². The average molecular weight is 329 g/mol. The number of hydrogen-bond acceptors (Lipinski definition) is 3. The van der Waals surface area contributed by atoms with E-state index in [1.54, 1.807) is 18.3 Å². The highest BCUT2D eigenvalue weighted by atomic mass is 19.1. The Morgan fingerprint density at radius 2 is 1.79 bits per heavy atom. The number of carbonyl (C=O) groups is 1. The zero-order chi connectivity index (χ0) is 17.3. The summed E-state index contributed by atoms with van der Waals surface area (Å²) >= 11 is 0. The second-order valence-electron chi connectivity index (χ2n) is 5.00. The van der Waals surface area contributed by atoms with E-state index in [4.69, 9.17) is 10.5 Å². The number of benzene rings is 2. The maximum absolute atomic E-state index is 14.3. The first-order valence-electron chi connectivity index (χ1n) is 6.98. The van der Waals surface area contributed by atoms with Crippen molar-refractivity contribution in [2.24, 2.45) is 5.73 Å². The molecule has 1 aromatic heterocycles. The molecule has 24 heavy (non-hydrogen) atoms. The highest BCUT2D eigenvalue weighted by Gasteiger charge is 2.19. The van der Waals surface area contributed by atoms with Gasteiger partial charge in [-0.25, -0.2) is 13.8 Å². The van der Waals surface area contributed by atoms with Gasteiger partial charge in [0, 0.05) is 35.8 Å². The monoisotopic (exact) mass is 329 g/mol. The van der Waals surface area contributed by atoms with Crippen molar-refractivity contribution in [2.45, 2.75) is 0 Å². The van der Waals surface area contributed by atoms with Gasteiger partial charge in [-0.1, -0.05) is 0 Å². The molecule has 0 aliphatic heterocycles. The second kappa shape index (κ2) is 6.11. The summed E-state index contributed by atoms with van der Waals surface area (Å²) in [5.74, 6) is -1.95. The Bertz CT molecular complexity index is 881. The SMILES string of the molecule is COc1cc(F)c(-c2nccn2-c2ccc(C(N)=O)cc2)c(F)c1. The van der Waals surface area contributed by atoms with Crippen molar-refractivity contribution in [3.8, 4) is 22.8 Å². The van der Waals surface area contributed by atoms with Gasteiger partial charge in [0.15, 0.2) is 0 Å². The molecular weight excluding hydrogens is 316 g/mol. The third-order valence-electron chi connectivity index (χ3n) is 3.55. The Labute approximate surface area is 136 Å². The zero-order valence-electron chi connectivity index (χ0n) is 12.7. The molecule has 0 spiro atoms. The summed E-state index contributed by atoms with van der Waals surface area (Å²) < 4.78 is 34.9. The molecule has 2 N–H and O–H groups in total. The Hall–Kier alpha value is -3.22. The van der Waals surface area contributed by atoms with E-state index in [1.165, 1.54) is 30.0 Å². The van der Waals surface area contributed by atoms with Crippen LogP contribution in [-0.2, 0) is 0 Å². The lowest BCUT2D eigenvalue weighted by molar-refractivity contribution is 0.100. The third-order valence-corrected chi connectivity index (χ3v) is 3.55. The van der Waals surface area contributed by atoms with Gasteiger partial charge in [-0.15, -0.1) is 0 Å². The van der Waals surface area contributed by atoms with Crippen LogP contribution < -0.4 is 10.5 Å². The number of aromatic nitrogens is 2.